The number of halogens is 7. The highest BCUT2D eigenvalue weighted by Gasteiger charge is 2.31. The maximum absolute atomic E-state index is 13.0. The number of aryl methyl sites for hydroxylation is 2. The average Bonchev–Trinajstić information content (AvgIpc) is 4.10. The van der Waals surface area contributed by atoms with E-state index in [9.17, 15) is 31.6 Å². The Morgan fingerprint density at radius 2 is 1.01 bits per heavy atom. The highest BCUT2D eigenvalue weighted by atomic mass is 35.5. The number of rotatable bonds is 23. The summed E-state index contributed by atoms with van der Waals surface area (Å²) in [5, 5.41) is 28.9. The summed E-state index contributed by atoms with van der Waals surface area (Å²) >= 11 is 2.75. The number of alkyl halides is 6. The van der Waals surface area contributed by atoms with Crippen molar-refractivity contribution in [3.05, 3.63) is 200 Å². The molecule has 0 fully saturated rings. The van der Waals surface area contributed by atoms with Crippen molar-refractivity contribution in [2.75, 3.05) is 27.4 Å². The van der Waals surface area contributed by atoms with Crippen molar-refractivity contribution in [1.82, 2.24) is 9.97 Å². The molecule has 0 radical (unpaired) electrons. The Bertz CT molecular complexity index is 3250. The lowest BCUT2D eigenvalue weighted by molar-refractivity contribution is -0.138. The molecule has 0 saturated carbocycles. The average molecular weight is 1180 g/mol. The molecular formula is C58H57ClF6N6O8S2. The molecule has 2 heterocycles. The molecule has 6 aromatic carbocycles. The van der Waals surface area contributed by atoms with Crippen LogP contribution in [0.4, 0.5) is 26.3 Å². The minimum Gasteiger partial charge on any atom is -0.496 e. The van der Waals surface area contributed by atoms with Gasteiger partial charge in [-0.05, 0) is 85.3 Å². The second-order valence-corrected chi connectivity index (χ2v) is 19.3. The summed E-state index contributed by atoms with van der Waals surface area (Å²) in [6.07, 6.45) is -6.14. The smallest absolute Gasteiger partial charge is 0.416 e. The molecule has 0 aliphatic carbocycles. The molecule has 0 atom stereocenters. The van der Waals surface area contributed by atoms with Gasteiger partial charge in [0.25, 0.3) is 0 Å². The van der Waals surface area contributed by atoms with Gasteiger partial charge in [-0.2, -0.15) is 31.6 Å². The first-order chi connectivity index (χ1) is 38.6. The third kappa shape index (κ3) is 19.2. The largest absolute Gasteiger partial charge is 0.496 e. The molecule has 0 amide bonds. The summed E-state index contributed by atoms with van der Waals surface area (Å²) in [4.78, 5) is 11.2. The molecule has 0 aliphatic rings. The van der Waals surface area contributed by atoms with Crippen molar-refractivity contribution in [1.29, 1.82) is 5.26 Å². The van der Waals surface area contributed by atoms with E-state index in [4.69, 9.17) is 54.5 Å². The summed E-state index contributed by atoms with van der Waals surface area (Å²) in [5.74, 6) is 5.22. The summed E-state index contributed by atoms with van der Waals surface area (Å²) < 4.78 is 112. The molecule has 2 aromatic heterocycles. The lowest BCUT2D eigenvalue weighted by atomic mass is 10.1. The minimum atomic E-state index is -4.41. The van der Waals surface area contributed by atoms with Gasteiger partial charge < -0.3 is 44.6 Å². The highest BCUT2D eigenvalue weighted by Crippen LogP contribution is 2.37. The van der Waals surface area contributed by atoms with E-state index in [1.54, 1.807) is 36.4 Å². The number of nitrogens with two attached hydrogens (primary N) is 2. The van der Waals surface area contributed by atoms with Crippen LogP contribution in [-0.4, -0.2) is 53.7 Å². The molecule has 8 aromatic rings. The van der Waals surface area contributed by atoms with E-state index in [0.717, 1.165) is 63.0 Å². The number of benzene rings is 6. The lowest BCUT2D eigenvalue weighted by Crippen LogP contribution is -2.14. The monoisotopic (exact) mass is 1180 g/mol. The molecule has 0 bridgehead atoms. The molecule has 14 nitrogen and oxygen atoms in total. The lowest BCUT2D eigenvalue weighted by Gasteiger charge is -2.11. The van der Waals surface area contributed by atoms with Crippen LogP contribution in [0.1, 0.15) is 67.4 Å². The van der Waals surface area contributed by atoms with Crippen LogP contribution in [0.15, 0.2) is 151 Å². The van der Waals surface area contributed by atoms with Crippen molar-refractivity contribution >= 4 is 40.9 Å². The first-order valence-electron chi connectivity index (χ1n) is 24.5. The fraction of sp³-hybridized carbons (Fsp3) is 0.241. The zero-order valence-corrected chi connectivity index (χ0v) is 46.2. The first-order valence-corrected chi connectivity index (χ1v) is 26.1. The van der Waals surface area contributed by atoms with E-state index in [1.807, 2.05) is 60.7 Å². The number of ether oxygens (including phenoxy) is 6. The normalized spacial score (nSPS) is 11.2. The molecule has 6 N–H and O–H groups in total. The Labute approximate surface area is 478 Å². The zero-order chi connectivity index (χ0) is 57.5. The van der Waals surface area contributed by atoms with Crippen LogP contribution < -0.4 is 30.6 Å². The second-order valence-electron chi connectivity index (χ2n) is 17.1. The van der Waals surface area contributed by atoms with Gasteiger partial charge in [-0.1, -0.05) is 90.1 Å². The maximum atomic E-state index is 13.0. The molecule has 8 rings (SSSR count). The second kappa shape index (κ2) is 31.9. The molecule has 81 heavy (non-hydrogen) atoms. The SMILES string of the molecule is COc1cc(OCc2sc(-c3ccc(C(F)(F)F)cc3)nc2CCCOCc2ccccc2)ccc1C#N.COc1cc(OCc2sc(-c3ccc(C(F)(F)F)cc3)nc2CCCOCc2ccccc2)ccc1C(N)=NO.Cl.NO. The number of amidine groups is 1. The topological polar surface area (TPSA) is 210 Å². The molecular weight excluding hydrogens is 1120 g/mol. The number of methoxy groups -OCH3 is 2. The standard InChI is InChI=1S/C29H28F3N3O4S.C29H25F3N2O3S.ClH.H3NO/c1-37-25-16-22(13-14-23(25)27(33)35-36)39-18-26-24(8-5-15-38-17-19-6-3-2-4-7-19)34-28(40-26)20-9-11-21(12-10-20)29(30,31)32;1-35-26-16-24(14-11-22(26)17-33)37-19-27-25(8-5-15-36-18-20-6-3-2-4-7-20)34-28(38-27)21-9-12-23(13-10-21)29(30,31)32;;1-2/h2-4,6-7,9-14,16,36H,5,8,15,17-18H2,1H3,(H2,33,35);2-4,6-7,9-14,16H,5,8,15,18-19H2,1H3;1H;2H,1H2. The molecule has 0 unspecified atom stereocenters. The van der Waals surface area contributed by atoms with Crippen LogP contribution in [0.3, 0.4) is 0 Å². The summed E-state index contributed by atoms with van der Waals surface area (Å²) in [7, 11) is 2.95. The summed E-state index contributed by atoms with van der Waals surface area (Å²) in [6.45, 7) is 2.49. The van der Waals surface area contributed by atoms with Crippen LogP contribution in [0, 0.1) is 11.3 Å². The number of aromatic nitrogens is 2. The van der Waals surface area contributed by atoms with Gasteiger partial charge in [-0.15, -0.1) is 35.1 Å². The third-order valence-corrected chi connectivity index (χ3v) is 13.9. The molecule has 23 heteroatoms. The van der Waals surface area contributed by atoms with Crippen LogP contribution in [0.5, 0.6) is 23.0 Å². The Kier molecular flexibility index (Phi) is 25.2. The fourth-order valence-corrected chi connectivity index (χ4v) is 9.68. The van der Waals surface area contributed by atoms with Crippen molar-refractivity contribution < 1.29 is 65.2 Å². The maximum Gasteiger partial charge on any atom is 0.416 e. The van der Waals surface area contributed by atoms with E-state index in [-0.39, 0.29) is 31.5 Å². The first kappa shape index (κ1) is 64.1. The van der Waals surface area contributed by atoms with Gasteiger partial charge in [0.2, 0.25) is 0 Å². The predicted octanol–water partition coefficient (Wildman–Crippen LogP) is 13.9. The quantitative estimate of drug-likeness (QED) is 0.0117. The fourth-order valence-electron chi connectivity index (χ4n) is 7.62. The number of thiazole rings is 2. The molecule has 428 valence electrons. The number of oxime groups is 1. The van der Waals surface area contributed by atoms with E-state index in [2.05, 4.69) is 17.1 Å². The van der Waals surface area contributed by atoms with Gasteiger partial charge in [0, 0.05) is 36.5 Å². The van der Waals surface area contributed by atoms with Crippen molar-refractivity contribution in [3.63, 3.8) is 0 Å². The Balaban J connectivity index is 0.000000285. The van der Waals surface area contributed by atoms with Crippen LogP contribution in [0.25, 0.3) is 21.1 Å². The van der Waals surface area contributed by atoms with Gasteiger partial charge in [0.05, 0.1) is 70.8 Å². The Morgan fingerprint density at radius 3 is 1.41 bits per heavy atom. The van der Waals surface area contributed by atoms with Crippen LogP contribution in [0.2, 0.25) is 0 Å². The molecule has 0 saturated heterocycles. The number of nitrogens with zero attached hydrogens (tertiary/aromatic N) is 4. The van der Waals surface area contributed by atoms with Crippen molar-refractivity contribution in [3.8, 4) is 50.2 Å². The van der Waals surface area contributed by atoms with Crippen molar-refractivity contribution in [2.24, 2.45) is 16.8 Å². The zero-order valence-electron chi connectivity index (χ0n) is 43.7. The van der Waals surface area contributed by atoms with Crippen LogP contribution >= 0.6 is 35.1 Å². The minimum absolute atomic E-state index is 0. The summed E-state index contributed by atoms with van der Waals surface area (Å²) in [6, 6.07) is 41.7. The molecule has 0 spiro atoms. The molecule has 0 aliphatic heterocycles. The number of hydrogen-bond acceptors (Lipinski definition) is 15. The van der Waals surface area contributed by atoms with Crippen molar-refractivity contribution in [2.45, 2.75) is 64.5 Å². The van der Waals surface area contributed by atoms with Crippen LogP contribution in [-0.2, 0) is 61.1 Å². The van der Waals surface area contributed by atoms with Gasteiger partial charge in [-0.3, -0.25) is 0 Å². The van der Waals surface area contributed by atoms with E-state index in [0.29, 0.717) is 101 Å². The van der Waals surface area contributed by atoms with E-state index < -0.39 is 23.5 Å². The third-order valence-electron chi connectivity index (χ3n) is 11.7. The number of hydrogen-bond donors (Lipinski definition) is 4. The number of nitriles is 1. The van der Waals surface area contributed by atoms with Gasteiger partial charge in [-0.25, -0.2) is 15.9 Å². The highest BCUT2D eigenvalue weighted by molar-refractivity contribution is 7.15. The van der Waals surface area contributed by atoms with Gasteiger partial charge >= 0.3 is 12.4 Å². The predicted molar refractivity (Wildman–Crippen MR) is 299 cm³/mol. The van der Waals surface area contributed by atoms with E-state index in [1.165, 1.54) is 61.2 Å². The Hall–Kier alpha value is -7.75. The van der Waals surface area contributed by atoms with Gasteiger partial charge in [0.1, 0.15) is 52.3 Å². The Morgan fingerprint density at radius 1 is 0.593 bits per heavy atom. The van der Waals surface area contributed by atoms with Gasteiger partial charge in [0.15, 0.2) is 5.84 Å². The summed E-state index contributed by atoms with van der Waals surface area (Å²) in [5.41, 5.74) is 10.1. The van der Waals surface area contributed by atoms with E-state index >= 15 is 0 Å².